The van der Waals surface area contributed by atoms with Crippen molar-refractivity contribution >= 4 is 0 Å². The van der Waals surface area contributed by atoms with Crippen molar-refractivity contribution in [3.8, 4) is 0 Å². The van der Waals surface area contributed by atoms with Crippen LogP contribution in [0.1, 0.15) is 23.7 Å². The molecule has 1 saturated heterocycles. The van der Waals surface area contributed by atoms with Crippen molar-refractivity contribution in [2.75, 3.05) is 39.3 Å². The second-order valence-electron chi connectivity index (χ2n) is 6.06. The smallest absolute Gasteiger partial charge is 0.387 e. The lowest BCUT2D eigenvalue weighted by Gasteiger charge is -2.25. The molecule has 2 rings (SSSR count). The van der Waals surface area contributed by atoms with E-state index in [4.69, 9.17) is 0 Å². The van der Waals surface area contributed by atoms with Crippen LogP contribution in [0.15, 0.2) is 18.2 Å². The van der Waals surface area contributed by atoms with Gasteiger partial charge in [-0.2, -0.15) is 13.2 Å². The second kappa shape index (κ2) is 7.59. The number of hydrogen-bond acceptors (Lipinski definition) is 3. The highest BCUT2D eigenvalue weighted by Gasteiger charge is 2.31. The zero-order valence-corrected chi connectivity index (χ0v) is 13.1. The molecule has 1 aromatic rings. The first-order valence-electron chi connectivity index (χ1n) is 7.70. The Kier molecular flexibility index (Phi) is 6.00. The highest BCUT2D eigenvalue weighted by Crippen LogP contribution is 2.21. The van der Waals surface area contributed by atoms with E-state index in [1.165, 1.54) is 17.0 Å². The largest absolute Gasteiger partial charge is 0.401 e. The number of β-amino-alcohol motifs (C(OH)–C–C–N with tert-alkyl or cyclic N) is 1. The van der Waals surface area contributed by atoms with Crippen LogP contribution in [0, 0.1) is 12.7 Å². The highest BCUT2D eigenvalue weighted by atomic mass is 19.4. The zero-order valence-electron chi connectivity index (χ0n) is 13.1. The lowest BCUT2D eigenvalue weighted by molar-refractivity contribution is -0.145. The van der Waals surface area contributed by atoms with E-state index >= 15 is 0 Å². The Morgan fingerprint density at radius 2 is 1.78 bits per heavy atom. The van der Waals surface area contributed by atoms with Crippen molar-refractivity contribution in [1.29, 1.82) is 0 Å². The molecule has 0 aromatic heterocycles. The number of aryl methyl sites for hydroxylation is 1. The average Bonchev–Trinajstić information content (AvgIpc) is 2.62. The van der Waals surface area contributed by atoms with Gasteiger partial charge in [0, 0.05) is 19.6 Å². The van der Waals surface area contributed by atoms with Gasteiger partial charge in [0.15, 0.2) is 0 Å². The predicted octanol–water partition coefficient (Wildman–Crippen LogP) is 2.74. The fourth-order valence-corrected chi connectivity index (χ4v) is 2.97. The van der Waals surface area contributed by atoms with E-state index in [-0.39, 0.29) is 5.82 Å². The van der Waals surface area contributed by atoms with Crippen molar-refractivity contribution in [3.05, 3.63) is 35.1 Å². The second-order valence-corrected chi connectivity index (χ2v) is 6.06. The molecule has 0 amide bonds. The van der Waals surface area contributed by atoms with E-state index in [2.05, 4.69) is 0 Å². The van der Waals surface area contributed by atoms with Gasteiger partial charge in [-0.1, -0.05) is 6.07 Å². The van der Waals surface area contributed by atoms with E-state index in [0.29, 0.717) is 50.3 Å². The van der Waals surface area contributed by atoms with Gasteiger partial charge in [0.1, 0.15) is 5.82 Å². The molecule has 3 nitrogen and oxygen atoms in total. The summed E-state index contributed by atoms with van der Waals surface area (Å²) >= 11 is 0. The van der Waals surface area contributed by atoms with Gasteiger partial charge in [0.2, 0.25) is 0 Å². The van der Waals surface area contributed by atoms with Crippen LogP contribution < -0.4 is 0 Å². The molecule has 1 N–H and O–H groups in total. The molecule has 1 aromatic carbocycles. The summed E-state index contributed by atoms with van der Waals surface area (Å²) in [5.41, 5.74) is 1.33. The Hall–Kier alpha value is -1.18. The van der Waals surface area contributed by atoms with E-state index in [1.54, 1.807) is 13.0 Å². The van der Waals surface area contributed by atoms with E-state index < -0.39 is 18.8 Å². The lowest BCUT2D eigenvalue weighted by Crippen LogP contribution is -2.37. The molecular formula is C16H22F4N2O. The van der Waals surface area contributed by atoms with E-state index in [1.807, 2.05) is 4.90 Å². The van der Waals surface area contributed by atoms with E-state index in [0.717, 1.165) is 0 Å². The Morgan fingerprint density at radius 1 is 1.13 bits per heavy atom. The van der Waals surface area contributed by atoms with Crippen LogP contribution in [0.3, 0.4) is 0 Å². The van der Waals surface area contributed by atoms with Crippen LogP contribution in [0.25, 0.3) is 0 Å². The number of aliphatic hydroxyl groups excluding tert-OH is 1. The number of alkyl halides is 3. The maximum Gasteiger partial charge on any atom is 0.401 e. The molecule has 1 aliphatic rings. The molecule has 0 spiro atoms. The van der Waals surface area contributed by atoms with Crippen molar-refractivity contribution in [2.45, 2.75) is 25.6 Å². The Bertz CT molecular complexity index is 521. The van der Waals surface area contributed by atoms with Crippen LogP contribution in [-0.4, -0.2) is 60.4 Å². The maximum atomic E-state index is 13.1. The summed E-state index contributed by atoms with van der Waals surface area (Å²) in [6, 6.07) is 4.23. The van der Waals surface area contributed by atoms with Crippen LogP contribution in [0.4, 0.5) is 17.6 Å². The Labute approximate surface area is 133 Å². The minimum absolute atomic E-state index is 0.328. The number of benzene rings is 1. The van der Waals surface area contributed by atoms with Crippen LogP contribution in [0.5, 0.6) is 0 Å². The lowest BCUT2D eigenvalue weighted by atomic mass is 10.0. The van der Waals surface area contributed by atoms with Crippen molar-refractivity contribution in [1.82, 2.24) is 9.80 Å². The quantitative estimate of drug-likeness (QED) is 0.858. The Balaban J connectivity index is 1.90. The molecule has 1 unspecified atom stereocenters. The summed E-state index contributed by atoms with van der Waals surface area (Å²) in [5.74, 6) is -0.351. The summed E-state index contributed by atoms with van der Waals surface area (Å²) in [5, 5.41) is 10.3. The molecule has 1 heterocycles. The molecule has 130 valence electrons. The summed E-state index contributed by atoms with van der Waals surface area (Å²) in [7, 11) is 0. The molecule has 23 heavy (non-hydrogen) atoms. The number of nitrogens with zero attached hydrogens (tertiary/aromatic N) is 2. The predicted molar refractivity (Wildman–Crippen MR) is 79.6 cm³/mol. The third-order valence-electron chi connectivity index (χ3n) is 4.11. The minimum Gasteiger partial charge on any atom is -0.387 e. The topological polar surface area (TPSA) is 26.7 Å². The molecule has 0 radical (unpaired) electrons. The fourth-order valence-electron chi connectivity index (χ4n) is 2.97. The van der Waals surface area contributed by atoms with Crippen LogP contribution in [0.2, 0.25) is 0 Å². The monoisotopic (exact) mass is 334 g/mol. The molecular weight excluding hydrogens is 312 g/mol. The standard InChI is InChI=1S/C16H22F4N2O/c1-12-9-13(17)3-4-14(12)15(23)10-21-5-2-6-22(8-7-21)11-16(18,19)20/h3-4,9,15,23H,2,5-8,10-11H2,1H3. The minimum atomic E-state index is -4.18. The van der Waals surface area contributed by atoms with Crippen molar-refractivity contribution < 1.29 is 22.7 Å². The summed E-state index contributed by atoms with van der Waals surface area (Å²) in [6.45, 7) is 3.04. The zero-order chi connectivity index (χ0) is 17.0. The van der Waals surface area contributed by atoms with Gasteiger partial charge < -0.3 is 5.11 Å². The van der Waals surface area contributed by atoms with E-state index in [9.17, 15) is 22.7 Å². The number of aliphatic hydroxyl groups is 1. The molecule has 7 heteroatoms. The summed E-state index contributed by atoms with van der Waals surface area (Å²) in [4.78, 5) is 3.36. The third kappa shape index (κ3) is 5.75. The SMILES string of the molecule is Cc1cc(F)ccc1C(O)CN1CCCN(CC(F)(F)F)CC1. The van der Waals surface area contributed by atoms with Crippen molar-refractivity contribution in [3.63, 3.8) is 0 Å². The number of halogens is 4. The van der Waals surface area contributed by atoms with Crippen molar-refractivity contribution in [2.24, 2.45) is 0 Å². The Morgan fingerprint density at radius 3 is 2.43 bits per heavy atom. The van der Waals surface area contributed by atoms with Gasteiger partial charge >= 0.3 is 6.18 Å². The molecule has 0 bridgehead atoms. The maximum absolute atomic E-state index is 13.1. The molecule has 0 aliphatic carbocycles. The van der Waals surface area contributed by atoms with Gasteiger partial charge in [-0.05, 0) is 49.7 Å². The highest BCUT2D eigenvalue weighted by molar-refractivity contribution is 5.28. The van der Waals surface area contributed by atoms with Crippen LogP contribution >= 0.6 is 0 Å². The summed E-state index contributed by atoms with van der Waals surface area (Å²) < 4.78 is 50.5. The van der Waals surface area contributed by atoms with Gasteiger partial charge in [-0.15, -0.1) is 0 Å². The fraction of sp³-hybridized carbons (Fsp3) is 0.625. The first-order valence-corrected chi connectivity index (χ1v) is 7.70. The first kappa shape index (κ1) is 18.2. The van der Waals surface area contributed by atoms with Gasteiger partial charge in [-0.3, -0.25) is 9.80 Å². The third-order valence-corrected chi connectivity index (χ3v) is 4.11. The normalized spacial score (nSPS) is 19.6. The van der Waals surface area contributed by atoms with Gasteiger partial charge in [0.25, 0.3) is 0 Å². The molecule has 0 saturated carbocycles. The molecule has 1 atom stereocenters. The average molecular weight is 334 g/mol. The van der Waals surface area contributed by atoms with Crippen LogP contribution in [-0.2, 0) is 0 Å². The van der Waals surface area contributed by atoms with Gasteiger partial charge in [-0.25, -0.2) is 4.39 Å². The number of rotatable bonds is 4. The number of hydrogen-bond donors (Lipinski definition) is 1. The van der Waals surface area contributed by atoms with Gasteiger partial charge in [0.05, 0.1) is 12.6 Å². The molecule has 1 fully saturated rings. The first-order chi connectivity index (χ1) is 10.7. The summed E-state index contributed by atoms with van der Waals surface area (Å²) in [6.07, 6.45) is -4.32. The molecule has 1 aliphatic heterocycles.